The maximum Gasteiger partial charge on any atom is 0.253 e. The Morgan fingerprint density at radius 1 is 1.55 bits per heavy atom. The van der Waals surface area contributed by atoms with E-state index in [1.54, 1.807) is 0 Å². The fourth-order valence-corrected chi connectivity index (χ4v) is 2.21. The molecule has 20 heavy (non-hydrogen) atoms. The van der Waals surface area contributed by atoms with E-state index in [-0.39, 0.29) is 11.3 Å². The van der Waals surface area contributed by atoms with Gasteiger partial charge in [-0.3, -0.25) is 4.79 Å². The van der Waals surface area contributed by atoms with Crippen molar-refractivity contribution in [3.63, 3.8) is 0 Å². The number of carbonyl (C=O) groups is 1. The molecule has 1 saturated carbocycles. The summed E-state index contributed by atoms with van der Waals surface area (Å²) in [5.41, 5.74) is -0.948. The van der Waals surface area contributed by atoms with Gasteiger partial charge in [0, 0.05) is 13.1 Å². The van der Waals surface area contributed by atoms with Gasteiger partial charge in [0.15, 0.2) is 5.54 Å². The fourth-order valence-electron chi connectivity index (χ4n) is 2.21. The highest BCUT2D eigenvalue weighted by molar-refractivity contribution is 5.94. The molecule has 0 heterocycles. The molecule has 104 valence electrons. The summed E-state index contributed by atoms with van der Waals surface area (Å²) in [6.45, 7) is 0. The average Bonchev–Trinajstić information content (AvgIpc) is 2.41. The van der Waals surface area contributed by atoms with Crippen LogP contribution in [0.5, 0.6) is 0 Å². The largest absolute Gasteiger partial charge is 0.355 e. The summed E-state index contributed by atoms with van der Waals surface area (Å²) in [5, 5.41) is 15.4. The molecular weight excluding hydrogens is 263 g/mol. The minimum Gasteiger partial charge on any atom is -0.355 e. The molecule has 0 unspecified atom stereocenters. The molecule has 1 aromatic carbocycles. The van der Waals surface area contributed by atoms with Gasteiger partial charge in [0.05, 0.1) is 22.6 Å². The summed E-state index contributed by atoms with van der Waals surface area (Å²) in [5.74, 6) is -1.32. The number of nitroso groups, excluding NO2 is 1. The minimum absolute atomic E-state index is 0.123. The van der Waals surface area contributed by atoms with Gasteiger partial charge in [-0.25, -0.2) is 9.40 Å². The number of amides is 1. The van der Waals surface area contributed by atoms with Crippen LogP contribution in [0.3, 0.4) is 0 Å². The molecule has 6 nitrogen and oxygen atoms in total. The van der Waals surface area contributed by atoms with Gasteiger partial charge in [-0.1, -0.05) is 0 Å². The van der Waals surface area contributed by atoms with E-state index in [1.165, 1.54) is 19.2 Å². The predicted octanol–water partition coefficient (Wildman–Crippen LogP) is 2.12. The highest BCUT2D eigenvalue weighted by atomic mass is 19.1. The van der Waals surface area contributed by atoms with Crippen molar-refractivity contribution in [2.24, 2.45) is 5.29 Å². The van der Waals surface area contributed by atoms with Gasteiger partial charge in [-0.15, -0.1) is 4.91 Å². The van der Waals surface area contributed by atoms with Gasteiger partial charge >= 0.3 is 0 Å². The van der Waals surface area contributed by atoms with Gasteiger partial charge in [0.2, 0.25) is 0 Å². The zero-order valence-corrected chi connectivity index (χ0v) is 10.9. The number of nitrogens with one attached hydrogen (secondary N) is 1. The molecule has 1 aliphatic rings. The molecule has 1 N–H and O–H groups in total. The van der Waals surface area contributed by atoms with E-state index in [4.69, 9.17) is 0 Å². The van der Waals surface area contributed by atoms with Crippen LogP contribution >= 0.6 is 0 Å². The second-order valence-corrected chi connectivity index (χ2v) is 4.63. The van der Waals surface area contributed by atoms with E-state index >= 15 is 0 Å². The molecule has 7 heteroatoms. The van der Waals surface area contributed by atoms with Crippen molar-refractivity contribution in [2.45, 2.75) is 24.8 Å². The third kappa shape index (κ3) is 2.09. The molecule has 0 aromatic heterocycles. The first-order valence-electron chi connectivity index (χ1n) is 6.14. The van der Waals surface area contributed by atoms with Crippen LogP contribution in [0.1, 0.15) is 29.6 Å². The molecule has 1 amide bonds. The minimum atomic E-state index is -0.997. The van der Waals surface area contributed by atoms with Crippen molar-refractivity contribution in [3.8, 4) is 6.07 Å². The summed E-state index contributed by atoms with van der Waals surface area (Å²) >= 11 is 0. The quantitative estimate of drug-likeness (QED) is 0.674. The lowest BCUT2D eigenvalue weighted by Crippen LogP contribution is -2.50. The highest BCUT2D eigenvalue weighted by Crippen LogP contribution is 2.40. The Labute approximate surface area is 115 Å². The Balaban J connectivity index is 2.38. The predicted molar refractivity (Wildman–Crippen MR) is 70.3 cm³/mol. The third-order valence-electron chi connectivity index (χ3n) is 3.54. The van der Waals surface area contributed by atoms with Crippen LogP contribution in [0.2, 0.25) is 0 Å². The lowest BCUT2D eigenvalue weighted by Gasteiger charge is -2.40. The van der Waals surface area contributed by atoms with E-state index < -0.39 is 17.3 Å². The normalized spacial score (nSPS) is 15.7. The molecule has 1 aromatic rings. The summed E-state index contributed by atoms with van der Waals surface area (Å²) < 4.78 is 13.9. The Morgan fingerprint density at radius 3 is 2.65 bits per heavy atom. The number of hydrogen-bond donors (Lipinski definition) is 1. The number of carbonyl (C=O) groups excluding carboxylic acids is 1. The Morgan fingerprint density at radius 2 is 2.25 bits per heavy atom. The monoisotopic (exact) mass is 276 g/mol. The van der Waals surface area contributed by atoms with Gasteiger partial charge in [-0.05, 0) is 31.4 Å². The zero-order valence-electron chi connectivity index (χ0n) is 10.9. The van der Waals surface area contributed by atoms with Crippen molar-refractivity contribution in [3.05, 3.63) is 34.5 Å². The number of halogens is 1. The molecule has 0 aliphatic heterocycles. The first kappa shape index (κ1) is 13.9. The van der Waals surface area contributed by atoms with Gasteiger partial charge < -0.3 is 5.32 Å². The topological polar surface area (TPSA) is 85.6 Å². The van der Waals surface area contributed by atoms with Crippen molar-refractivity contribution >= 4 is 11.6 Å². The van der Waals surface area contributed by atoms with Gasteiger partial charge in [-0.2, -0.15) is 5.26 Å². The van der Waals surface area contributed by atoms with Crippen LogP contribution in [-0.2, 0) is 0 Å². The van der Waals surface area contributed by atoms with Crippen LogP contribution < -0.4 is 10.3 Å². The van der Waals surface area contributed by atoms with E-state index in [0.717, 1.165) is 17.5 Å². The lowest BCUT2D eigenvalue weighted by atomic mass is 9.77. The summed E-state index contributed by atoms with van der Waals surface area (Å²) in [6.07, 6.45) is 1.83. The van der Waals surface area contributed by atoms with Crippen molar-refractivity contribution in [1.29, 1.82) is 5.26 Å². The van der Waals surface area contributed by atoms with Crippen LogP contribution in [0.4, 0.5) is 10.1 Å². The van der Waals surface area contributed by atoms with Gasteiger partial charge in [0.1, 0.15) is 5.82 Å². The van der Waals surface area contributed by atoms with Crippen molar-refractivity contribution in [2.75, 3.05) is 12.1 Å². The number of nitriles is 1. The molecule has 0 spiro atoms. The number of benzene rings is 1. The molecule has 0 atom stereocenters. The zero-order chi connectivity index (χ0) is 14.8. The first-order chi connectivity index (χ1) is 9.57. The average molecular weight is 276 g/mol. The van der Waals surface area contributed by atoms with Gasteiger partial charge in [0.25, 0.3) is 5.91 Å². The summed E-state index contributed by atoms with van der Waals surface area (Å²) in [4.78, 5) is 22.4. The maximum absolute atomic E-state index is 13.9. The molecule has 0 bridgehead atoms. The summed E-state index contributed by atoms with van der Waals surface area (Å²) in [6, 6.07) is 5.79. The molecule has 1 fully saturated rings. The third-order valence-corrected chi connectivity index (χ3v) is 3.54. The number of nitrogens with zero attached hydrogens (tertiary/aromatic N) is 3. The fraction of sp³-hybridized carbons (Fsp3) is 0.385. The summed E-state index contributed by atoms with van der Waals surface area (Å²) in [7, 11) is 1.40. The van der Waals surface area contributed by atoms with E-state index in [0.29, 0.717) is 12.8 Å². The second-order valence-electron chi connectivity index (χ2n) is 4.63. The van der Waals surface area contributed by atoms with Crippen molar-refractivity contribution < 1.29 is 9.18 Å². The van der Waals surface area contributed by atoms with Crippen LogP contribution in [-0.4, -0.2) is 18.5 Å². The van der Waals surface area contributed by atoms with Crippen molar-refractivity contribution in [1.82, 2.24) is 5.32 Å². The first-order valence-corrected chi connectivity index (χ1v) is 6.14. The number of rotatable bonds is 4. The molecule has 2 rings (SSSR count). The highest BCUT2D eigenvalue weighted by Gasteiger charge is 2.45. The Kier molecular flexibility index (Phi) is 3.66. The van der Waals surface area contributed by atoms with Crippen LogP contribution in [0.25, 0.3) is 0 Å². The number of anilines is 1. The SMILES string of the molecule is CNC(=O)c1ccc(N(N=O)C2(C#N)CCC2)cc1F. The molecule has 0 radical (unpaired) electrons. The second kappa shape index (κ2) is 5.25. The van der Waals surface area contributed by atoms with E-state index in [1.807, 2.05) is 0 Å². The smallest absolute Gasteiger partial charge is 0.253 e. The van der Waals surface area contributed by atoms with Crippen LogP contribution in [0.15, 0.2) is 23.5 Å². The maximum atomic E-state index is 13.9. The standard InChI is InChI=1S/C13H13FN4O2/c1-16-12(19)10-4-3-9(7-11(10)14)18(17-20)13(8-15)5-2-6-13/h3-4,7H,2,5-6H2,1H3,(H,16,19). The Bertz CT molecular complexity index is 593. The molecular formula is C13H13FN4O2. The van der Waals surface area contributed by atoms with E-state index in [9.17, 15) is 19.4 Å². The van der Waals surface area contributed by atoms with E-state index in [2.05, 4.69) is 16.7 Å². The molecule has 1 aliphatic carbocycles. The molecule has 0 saturated heterocycles. The Hall–Kier alpha value is -2.49. The van der Waals surface area contributed by atoms with Crippen LogP contribution in [0, 0.1) is 22.1 Å². The number of hydrogen-bond acceptors (Lipinski definition) is 4. The lowest BCUT2D eigenvalue weighted by molar-refractivity contribution is 0.0959.